The van der Waals surface area contributed by atoms with Gasteiger partial charge in [-0.25, -0.2) is 0 Å². The Morgan fingerprint density at radius 3 is 2.27 bits per heavy atom. The summed E-state index contributed by atoms with van der Waals surface area (Å²) >= 11 is 0. The molecule has 0 amide bonds. The van der Waals surface area contributed by atoms with Crippen LogP contribution in [-0.2, 0) is 4.79 Å². The van der Waals surface area contributed by atoms with Crippen molar-refractivity contribution >= 4 is 13.6 Å². The Morgan fingerprint density at radius 1 is 1.45 bits per heavy atom. The molecule has 1 saturated carbocycles. The number of hydrogen-bond acceptors (Lipinski definition) is 1. The van der Waals surface area contributed by atoms with E-state index < -0.39 is 0 Å². The van der Waals surface area contributed by atoms with Gasteiger partial charge in [0.1, 0.15) is 13.6 Å². The third-order valence-corrected chi connectivity index (χ3v) is 3.28. The maximum atomic E-state index is 11.3. The highest BCUT2D eigenvalue weighted by Gasteiger charge is 2.35. The van der Waals surface area contributed by atoms with E-state index >= 15 is 0 Å². The van der Waals surface area contributed by atoms with E-state index in [1.54, 1.807) is 6.92 Å². The summed E-state index contributed by atoms with van der Waals surface area (Å²) in [6.45, 7) is 3.81. The highest BCUT2D eigenvalue weighted by Crippen LogP contribution is 2.43. The van der Waals surface area contributed by atoms with Crippen LogP contribution in [0.2, 0.25) is 5.31 Å². The van der Waals surface area contributed by atoms with E-state index in [2.05, 4.69) is 14.8 Å². The predicted molar refractivity (Wildman–Crippen MR) is 49.6 cm³/mol. The van der Waals surface area contributed by atoms with Gasteiger partial charge in [0, 0.05) is 0 Å². The van der Waals surface area contributed by atoms with E-state index in [-0.39, 0.29) is 5.31 Å². The van der Waals surface area contributed by atoms with Gasteiger partial charge >= 0.3 is 0 Å². The molecule has 1 fully saturated rings. The Hall–Kier alpha value is -0.265. The first kappa shape index (κ1) is 8.83. The van der Waals surface area contributed by atoms with Crippen LogP contribution in [0.5, 0.6) is 0 Å². The summed E-state index contributed by atoms with van der Waals surface area (Å²) in [5.74, 6) is 1.00. The van der Waals surface area contributed by atoms with Crippen molar-refractivity contribution < 1.29 is 4.79 Å². The van der Waals surface area contributed by atoms with Gasteiger partial charge in [-0.3, -0.25) is 0 Å². The van der Waals surface area contributed by atoms with Crippen LogP contribution < -0.4 is 0 Å². The van der Waals surface area contributed by atoms with Crippen LogP contribution in [-0.4, -0.2) is 13.6 Å². The minimum Gasteiger partial charge on any atom is -0.300 e. The molecule has 0 aromatic heterocycles. The SMILES string of the molecule is BC(C)(C(C)=O)C1CCCC1. The number of rotatable bonds is 2. The second kappa shape index (κ2) is 3.00. The summed E-state index contributed by atoms with van der Waals surface area (Å²) in [6.07, 6.45) is 5.15. The second-order valence-electron chi connectivity index (χ2n) is 4.26. The van der Waals surface area contributed by atoms with E-state index in [1.807, 2.05) is 0 Å². The fourth-order valence-electron chi connectivity index (χ4n) is 1.93. The fraction of sp³-hybridized carbons (Fsp3) is 0.889. The number of carbonyl (C=O) groups excluding carboxylic acids is 1. The lowest BCUT2D eigenvalue weighted by molar-refractivity contribution is -0.120. The third-order valence-electron chi connectivity index (χ3n) is 3.28. The molecule has 0 N–H and O–H groups in total. The molecular weight excluding hydrogens is 135 g/mol. The minimum absolute atomic E-state index is 0.0590. The van der Waals surface area contributed by atoms with Crippen LogP contribution in [0, 0.1) is 5.92 Å². The molecule has 1 nitrogen and oxygen atoms in total. The Balaban J connectivity index is 2.62. The van der Waals surface area contributed by atoms with Gasteiger partial charge in [0.05, 0.1) is 0 Å². The average molecular weight is 152 g/mol. The second-order valence-corrected chi connectivity index (χ2v) is 4.26. The van der Waals surface area contributed by atoms with Gasteiger partial charge in [0.15, 0.2) is 0 Å². The summed E-state index contributed by atoms with van der Waals surface area (Å²) < 4.78 is 0. The molecule has 0 radical (unpaired) electrons. The van der Waals surface area contributed by atoms with E-state index in [1.165, 1.54) is 25.7 Å². The molecule has 0 saturated heterocycles. The molecule has 2 heteroatoms. The molecule has 11 heavy (non-hydrogen) atoms. The lowest BCUT2D eigenvalue weighted by Crippen LogP contribution is -2.25. The number of ketones is 1. The molecule has 0 aromatic carbocycles. The summed E-state index contributed by atoms with van der Waals surface area (Å²) in [6, 6.07) is 0. The molecule has 62 valence electrons. The van der Waals surface area contributed by atoms with Crippen molar-refractivity contribution in [3.05, 3.63) is 0 Å². The predicted octanol–water partition coefficient (Wildman–Crippen LogP) is 1.58. The molecule has 1 atom stereocenters. The summed E-state index contributed by atoms with van der Waals surface area (Å²) in [5, 5.41) is -0.0590. The quantitative estimate of drug-likeness (QED) is 0.549. The number of carbonyl (C=O) groups is 1. The van der Waals surface area contributed by atoms with Crippen LogP contribution >= 0.6 is 0 Å². The maximum Gasteiger partial charge on any atom is 0.127 e. The lowest BCUT2D eigenvalue weighted by atomic mass is 9.59. The molecule has 0 aromatic rings. The molecule has 0 spiro atoms. The zero-order valence-corrected chi connectivity index (χ0v) is 7.81. The van der Waals surface area contributed by atoms with E-state index in [0.29, 0.717) is 11.7 Å². The van der Waals surface area contributed by atoms with Crippen molar-refractivity contribution in [2.45, 2.75) is 44.8 Å². The van der Waals surface area contributed by atoms with Crippen molar-refractivity contribution in [3.8, 4) is 0 Å². The molecule has 0 bridgehead atoms. The molecule has 1 rings (SSSR count). The highest BCUT2D eigenvalue weighted by atomic mass is 16.1. The number of hydrogen-bond donors (Lipinski definition) is 0. The van der Waals surface area contributed by atoms with Gasteiger partial charge in [-0.2, -0.15) is 0 Å². The summed E-state index contributed by atoms with van der Waals surface area (Å²) in [7, 11) is 2.09. The molecule has 0 aliphatic heterocycles. The van der Waals surface area contributed by atoms with Crippen LogP contribution in [0.4, 0.5) is 0 Å². The van der Waals surface area contributed by atoms with Crippen molar-refractivity contribution in [2.24, 2.45) is 5.92 Å². The van der Waals surface area contributed by atoms with E-state index in [0.717, 1.165) is 0 Å². The monoisotopic (exact) mass is 152 g/mol. The standard InChI is InChI=1S/C9H17BO/c1-7(11)9(2,10)8-5-3-4-6-8/h8H,3-6,10H2,1-2H3. The van der Waals surface area contributed by atoms with Crippen molar-refractivity contribution in [1.29, 1.82) is 0 Å². The molecule has 0 heterocycles. The smallest absolute Gasteiger partial charge is 0.127 e. The van der Waals surface area contributed by atoms with Crippen LogP contribution in [0.3, 0.4) is 0 Å². The Kier molecular flexibility index (Phi) is 2.41. The van der Waals surface area contributed by atoms with Crippen LogP contribution in [0.25, 0.3) is 0 Å². The first-order valence-electron chi connectivity index (χ1n) is 4.56. The highest BCUT2D eigenvalue weighted by molar-refractivity contribution is 6.28. The minimum atomic E-state index is -0.0590. The third kappa shape index (κ3) is 1.66. The molecule has 1 unspecified atom stereocenters. The maximum absolute atomic E-state index is 11.3. The molecular formula is C9H17BO. The van der Waals surface area contributed by atoms with E-state index in [4.69, 9.17) is 0 Å². The fourth-order valence-corrected chi connectivity index (χ4v) is 1.93. The Morgan fingerprint density at radius 2 is 1.91 bits per heavy atom. The van der Waals surface area contributed by atoms with Gasteiger partial charge < -0.3 is 4.79 Å². The van der Waals surface area contributed by atoms with Crippen molar-refractivity contribution in [1.82, 2.24) is 0 Å². The van der Waals surface area contributed by atoms with Crippen LogP contribution in [0.15, 0.2) is 0 Å². The number of Topliss-reactive ketones (excluding diaryl/α,β-unsaturated/α-hetero) is 1. The summed E-state index contributed by atoms with van der Waals surface area (Å²) in [5.41, 5.74) is 0. The van der Waals surface area contributed by atoms with Gasteiger partial charge in [0.25, 0.3) is 0 Å². The molecule has 1 aliphatic carbocycles. The normalized spacial score (nSPS) is 24.9. The van der Waals surface area contributed by atoms with Gasteiger partial charge in [-0.15, -0.1) is 0 Å². The van der Waals surface area contributed by atoms with Gasteiger partial charge in [-0.05, 0) is 18.2 Å². The van der Waals surface area contributed by atoms with E-state index in [9.17, 15) is 4.79 Å². The zero-order chi connectivity index (χ0) is 8.48. The topological polar surface area (TPSA) is 17.1 Å². The average Bonchev–Trinajstić information content (AvgIpc) is 2.37. The molecule has 1 aliphatic rings. The summed E-state index contributed by atoms with van der Waals surface area (Å²) in [4.78, 5) is 11.3. The van der Waals surface area contributed by atoms with Gasteiger partial charge in [0.2, 0.25) is 0 Å². The first-order valence-corrected chi connectivity index (χ1v) is 4.56. The first-order chi connectivity index (χ1) is 5.05. The van der Waals surface area contributed by atoms with Gasteiger partial charge in [-0.1, -0.05) is 32.6 Å². The van der Waals surface area contributed by atoms with Crippen molar-refractivity contribution in [2.75, 3.05) is 0 Å². The largest absolute Gasteiger partial charge is 0.300 e. The van der Waals surface area contributed by atoms with Crippen molar-refractivity contribution in [3.63, 3.8) is 0 Å². The van der Waals surface area contributed by atoms with Crippen LogP contribution in [0.1, 0.15) is 39.5 Å². The lowest BCUT2D eigenvalue weighted by Gasteiger charge is -2.28. The Bertz CT molecular complexity index is 157. The zero-order valence-electron chi connectivity index (χ0n) is 7.81. The Labute approximate surface area is 70.0 Å².